The molecule has 0 fully saturated rings. The van der Waals surface area contributed by atoms with Crippen LogP contribution >= 0.6 is 0 Å². The zero-order valence-electron chi connectivity index (χ0n) is 17.4. The number of benzene rings is 1. The van der Waals surface area contributed by atoms with Crippen molar-refractivity contribution in [2.45, 2.75) is 97.0 Å². The molecule has 0 N–H and O–H groups in total. The summed E-state index contributed by atoms with van der Waals surface area (Å²) in [6.45, 7) is 4.38. The van der Waals surface area contributed by atoms with Crippen molar-refractivity contribution in [2.75, 3.05) is 0 Å². The molecule has 0 amide bonds. The minimum Gasteiger partial charge on any atom is -0.431 e. The van der Waals surface area contributed by atoms with Gasteiger partial charge in [0.25, 0.3) is 5.69 Å². The second-order valence-corrected chi connectivity index (χ2v) is 7.25. The molecule has 0 saturated carbocycles. The van der Waals surface area contributed by atoms with E-state index in [2.05, 4.69) is 13.8 Å². The standard InChI is InChI=1S/C22H35NO5/c1-3-5-7-9-11-13-20(14-12-10-8-6-4-2)27-22(24)28-21-17-15-19(16-18-21)23(25)26/h15-18,20H,3-14H2,1-2H3. The summed E-state index contributed by atoms with van der Waals surface area (Å²) in [6.07, 6.45) is 12.6. The summed E-state index contributed by atoms with van der Waals surface area (Å²) in [6, 6.07) is 5.43. The van der Waals surface area contributed by atoms with Crippen LogP contribution in [0.2, 0.25) is 0 Å². The van der Waals surface area contributed by atoms with Crippen LogP contribution in [0.4, 0.5) is 10.5 Å². The quantitative estimate of drug-likeness (QED) is 0.103. The van der Waals surface area contributed by atoms with E-state index in [4.69, 9.17) is 9.47 Å². The van der Waals surface area contributed by atoms with Crippen LogP contribution in [0, 0.1) is 10.1 Å². The van der Waals surface area contributed by atoms with Crippen LogP contribution in [0.5, 0.6) is 5.75 Å². The van der Waals surface area contributed by atoms with Gasteiger partial charge in [-0.05, 0) is 37.8 Å². The molecule has 0 aliphatic heterocycles. The molecule has 1 rings (SSSR count). The smallest absolute Gasteiger partial charge is 0.431 e. The molecule has 0 aliphatic carbocycles. The van der Waals surface area contributed by atoms with Crippen molar-refractivity contribution < 1.29 is 19.2 Å². The largest absolute Gasteiger partial charge is 0.514 e. The number of nitro groups is 1. The average molecular weight is 394 g/mol. The van der Waals surface area contributed by atoms with Gasteiger partial charge in [-0.15, -0.1) is 0 Å². The highest BCUT2D eigenvalue weighted by molar-refractivity contribution is 5.64. The van der Waals surface area contributed by atoms with Crippen molar-refractivity contribution in [1.82, 2.24) is 0 Å². The molecule has 158 valence electrons. The number of hydrogen-bond acceptors (Lipinski definition) is 5. The van der Waals surface area contributed by atoms with E-state index >= 15 is 0 Å². The number of nitro benzene ring substituents is 1. The first kappa shape index (κ1) is 23.9. The monoisotopic (exact) mass is 393 g/mol. The van der Waals surface area contributed by atoms with Crippen LogP contribution in [-0.4, -0.2) is 17.2 Å². The molecule has 0 atom stereocenters. The molecule has 0 aromatic heterocycles. The fraction of sp³-hybridized carbons (Fsp3) is 0.682. The third-order valence-electron chi connectivity index (χ3n) is 4.77. The van der Waals surface area contributed by atoms with Crippen LogP contribution in [0.1, 0.15) is 90.9 Å². The maximum atomic E-state index is 12.1. The molecule has 0 saturated heterocycles. The molecule has 0 heterocycles. The molecule has 0 spiro atoms. The Morgan fingerprint density at radius 2 is 1.39 bits per heavy atom. The normalized spacial score (nSPS) is 10.8. The van der Waals surface area contributed by atoms with Gasteiger partial charge in [-0.25, -0.2) is 4.79 Å². The van der Waals surface area contributed by atoms with Gasteiger partial charge in [0.1, 0.15) is 11.9 Å². The molecule has 0 aliphatic rings. The van der Waals surface area contributed by atoms with Gasteiger partial charge >= 0.3 is 6.16 Å². The Morgan fingerprint density at radius 3 is 1.86 bits per heavy atom. The second-order valence-electron chi connectivity index (χ2n) is 7.25. The summed E-state index contributed by atoms with van der Waals surface area (Å²) in [5.74, 6) is 0.250. The van der Waals surface area contributed by atoms with E-state index in [9.17, 15) is 14.9 Å². The van der Waals surface area contributed by atoms with Crippen molar-refractivity contribution in [2.24, 2.45) is 0 Å². The highest BCUT2D eigenvalue weighted by Gasteiger charge is 2.16. The first-order chi connectivity index (χ1) is 13.6. The third kappa shape index (κ3) is 10.9. The molecule has 6 heteroatoms. The van der Waals surface area contributed by atoms with Gasteiger partial charge in [0.05, 0.1) is 4.92 Å². The van der Waals surface area contributed by atoms with Crippen LogP contribution in [0.3, 0.4) is 0 Å². The Morgan fingerprint density at radius 1 is 0.893 bits per heavy atom. The SMILES string of the molecule is CCCCCCCC(CCCCCCC)OC(=O)Oc1ccc([N+](=O)[O-])cc1. The average Bonchev–Trinajstić information content (AvgIpc) is 2.67. The number of non-ortho nitro benzene ring substituents is 1. The Hall–Kier alpha value is -2.11. The predicted molar refractivity (Wildman–Crippen MR) is 111 cm³/mol. The first-order valence-corrected chi connectivity index (χ1v) is 10.7. The van der Waals surface area contributed by atoms with E-state index in [0.29, 0.717) is 0 Å². The topological polar surface area (TPSA) is 78.7 Å². The lowest BCUT2D eigenvalue weighted by molar-refractivity contribution is -0.384. The highest BCUT2D eigenvalue weighted by atomic mass is 16.7. The van der Waals surface area contributed by atoms with Gasteiger partial charge in [-0.2, -0.15) is 0 Å². The molecule has 0 unspecified atom stereocenters. The first-order valence-electron chi connectivity index (χ1n) is 10.7. The molecule has 6 nitrogen and oxygen atoms in total. The van der Waals surface area contributed by atoms with Gasteiger partial charge in [-0.1, -0.05) is 65.2 Å². The molecular weight excluding hydrogens is 358 g/mol. The van der Waals surface area contributed by atoms with Crippen molar-refractivity contribution in [3.05, 3.63) is 34.4 Å². The lowest BCUT2D eigenvalue weighted by atomic mass is 10.0. The second kappa shape index (κ2) is 14.9. The molecule has 1 aromatic rings. The van der Waals surface area contributed by atoms with Crippen LogP contribution < -0.4 is 4.74 Å². The summed E-state index contributed by atoms with van der Waals surface area (Å²) >= 11 is 0. The van der Waals surface area contributed by atoms with E-state index in [0.717, 1.165) is 38.5 Å². The highest BCUT2D eigenvalue weighted by Crippen LogP contribution is 2.20. The third-order valence-corrected chi connectivity index (χ3v) is 4.77. The summed E-state index contributed by atoms with van der Waals surface area (Å²) < 4.78 is 10.7. The maximum Gasteiger partial charge on any atom is 0.514 e. The van der Waals surface area contributed by atoms with Crippen molar-refractivity contribution in [3.63, 3.8) is 0 Å². The van der Waals surface area contributed by atoms with Crippen LogP contribution in [0.25, 0.3) is 0 Å². The van der Waals surface area contributed by atoms with Crippen LogP contribution in [-0.2, 0) is 4.74 Å². The molecule has 28 heavy (non-hydrogen) atoms. The summed E-state index contributed by atoms with van der Waals surface area (Å²) in [4.78, 5) is 22.3. The fourth-order valence-electron chi connectivity index (χ4n) is 3.11. The Labute approximate surface area is 168 Å². The Bertz CT molecular complexity index is 545. The Kier molecular flexibility index (Phi) is 12.7. The summed E-state index contributed by atoms with van der Waals surface area (Å²) in [7, 11) is 0. The summed E-state index contributed by atoms with van der Waals surface area (Å²) in [5.41, 5.74) is -0.0437. The lowest BCUT2D eigenvalue weighted by Crippen LogP contribution is -2.21. The van der Waals surface area contributed by atoms with Crippen LogP contribution in [0.15, 0.2) is 24.3 Å². The fourth-order valence-corrected chi connectivity index (χ4v) is 3.11. The van der Waals surface area contributed by atoms with Gasteiger partial charge in [0, 0.05) is 12.1 Å². The van der Waals surface area contributed by atoms with E-state index in [1.165, 1.54) is 62.8 Å². The Balaban J connectivity index is 2.46. The number of carbonyl (C=O) groups excluding carboxylic acids is 1. The molecule has 0 radical (unpaired) electrons. The number of unbranched alkanes of at least 4 members (excludes halogenated alkanes) is 8. The van der Waals surface area contributed by atoms with Gasteiger partial charge < -0.3 is 9.47 Å². The molecule has 0 bridgehead atoms. The van der Waals surface area contributed by atoms with Gasteiger partial charge in [0.15, 0.2) is 0 Å². The predicted octanol–water partition coefficient (Wildman–Crippen LogP) is 7.20. The zero-order chi connectivity index (χ0) is 20.6. The minimum atomic E-state index is -0.735. The number of nitrogens with zero attached hydrogens (tertiary/aromatic N) is 1. The maximum absolute atomic E-state index is 12.1. The van der Waals surface area contributed by atoms with Crippen molar-refractivity contribution >= 4 is 11.8 Å². The molecule has 1 aromatic carbocycles. The van der Waals surface area contributed by atoms with Gasteiger partial charge in [0.2, 0.25) is 0 Å². The number of ether oxygens (including phenoxy) is 2. The van der Waals surface area contributed by atoms with Crippen molar-refractivity contribution in [3.8, 4) is 5.75 Å². The molecular formula is C22H35NO5. The summed E-state index contributed by atoms with van der Waals surface area (Å²) in [5, 5.41) is 10.7. The number of rotatable bonds is 15. The zero-order valence-corrected chi connectivity index (χ0v) is 17.4. The number of hydrogen-bond donors (Lipinski definition) is 0. The van der Waals surface area contributed by atoms with E-state index in [1.54, 1.807) is 0 Å². The minimum absolute atomic E-state index is 0.0437. The van der Waals surface area contributed by atoms with Gasteiger partial charge in [-0.3, -0.25) is 10.1 Å². The lowest BCUT2D eigenvalue weighted by Gasteiger charge is -2.17. The van der Waals surface area contributed by atoms with Crippen molar-refractivity contribution in [1.29, 1.82) is 0 Å². The number of carbonyl (C=O) groups is 1. The van der Waals surface area contributed by atoms with E-state index in [1.807, 2.05) is 0 Å². The van der Waals surface area contributed by atoms with E-state index in [-0.39, 0.29) is 17.5 Å². The van der Waals surface area contributed by atoms with E-state index < -0.39 is 11.1 Å².